The van der Waals surface area contributed by atoms with Gasteiger partial charge in [0.1, 0.15) is 0 Å². The fourth-order valence-corrected chi connectivity index (χ4v) is 5.14. The summed E-state index contributed by atoms with van der Waals surface area (Å²) in [7, 11) is 0. The summed E-state index contributed by atoms with van der Waals surface area (Å²) in [5.74, 6) is 4.19. The Morgan fingerprint density at radius 2 is 1.41 bits per heavy atom. The number of nitrogens with zero attached hydrogens (tertiary/aromatic N) is 1. The van der Waals surface area contributed by atoms with Crippen molar-refractivity contribution in [3.63, 3.8) is 0 Å². The van der Waals surface area contributed by atoms with Crippen LogP contribution in [-0.4, -0.2) is 37.2 Å². The van der Waals surface area contributed by atoms with E-state index in [0.717, 1.165) is 42.8 Å². The van der Waals surface area contributed by atoms with Crippen molar-refractivity contribution in [3.8, 4) is 0 Å². The van der Waals surface area contributed by atoms with Crippen LogP contribution in [0.15, 0.2) is 0 Å². The average molecular weight is 235 g/mol. The molecular weight excluding hydrogens is 210 g/mol. The lowest BCUT2D eigenvalue weighted by Crippen LogP contribution is -2.61. The third kappa shape index (κ3) is 1.92. The van der Waals surface area contributed by atoms with Gasteiger partial charge in [-0.15, -0.1) is 0 Å². The Morgan fingerprint density at radius 3 is 2.00 bits per heavy atom. The van der Waals surface area contributed by atoms with Crippen molar-refractivity contribution in [1.29, 1.82) is 0 Å². The van der Waals surface area contributed by atoms with Crippen molar-refractivity contribution in [2.75, 3.05) is 26.2 Å². The van der Waals surface area contributed by atoms with Crippen molar-refractivity contribution < 1.29 is 0 Å². The first-order chi connectivity index (χ1) is 8.38. The Balaban J connectivity index is 1.43. The van der Waals surface area contributed by atoms with Crippen LogP contribution >= 0.6 is 0 Å². The molecule has 5 rings (SSSR count). The molecule has 1 heterocycles. The predicted octanol–water partition coefficient (Wildman–Crippen LogP) is 1.22. The fourth-order valence-electron chi connectivity index (χ4n) is 5.14. The van der Waals surface area contributed by atoms with Crippen molar-refractivity contribution in [2.45, 2.75) is 38.1 Å². The first-order valence-electron chi connectivity index (χ1n) is 7.60. The number of hydrazine groups is 1. The molecule has 4 bridgehead atoms. The van der Waals surface area contributed by atoms with E-state index in [0.29, 0.717) is 0 Å². The van der Waals surface area contributed by atoms with E-state index in [-0.39, 0.29) is 0 Å². The van der Waals surface area contributed by atoms with Crippen LogP contribution in [-0.2, 0) is 0 Å². The highest BCUT2D eigenvalue weighted by atomic mass is 15.5. The minimum Gasteiger partial charge on any atom is -0.314 e. The maximum absolute atomic E-state index is 3.89. The highest BCUT2D eigenvalue weighted by Crippen LogP contribution is 2.53. The van der Waals surface area contributed by atoms with E-state index in [9.17, 15) is 0 Å². The first kappa shape index (κ1) is 10.8. The Morgan fingerprint density at radius 1 is 0.824 bits per heavy atom. The minimum atomic E-state index is 0.820. The number of piperazine rings is 1. The SMILES string of the molecule is C1CN(NC2C3CC4CC(C3)CC2C4)CCN1. The fraction of sp³-hybridized carbons (Fsp3) is 1.00. The summed E-state index contributed by atoms with van der Waals surface area (Å²) in [5.41, 5.74) is 3.89. The van der Waals surface area contributed by atoms with E-state index in [1.807, 2.05) is 0 Å². The molecule has 1 saturated heterocycles. The van der Waals surface area contributed by atoms with Crippen LogP contribution < -0.4 is 10.7 Å². The third-order valence-electron chi connectivity index (χ3n) is 5.68. The van der Waals surface area contributed by atoms with Gasteiger partial charge < -0.3 is 5.32 Å². The topological polar surface area (TPSA) is 27.3 Å². The highest BCUT2D eigenvalue weighted by molar-refractivity contribution is 5.01. The van der Waals surface area contributed by atoms with Crippen molar-refractivity contribution >= 4 is 0 Å². The van der Waals surface area contributed by atoms with Gasteiger partial charge in [-0.2, -0.15) is 0 Å². The zero-order valence-corrected chi connectivity index (χ0v) is 10.7. The normalized spacial score (nSPS) is 49.8. The Hall–Kier alpha value is -0.120. The van der Waals surface area contributed by atoms with Crippen molar-refractivity contribution in [3.05, 3.63) is 0 Å². The summed E-state index contributed by atoms with van der Waals surface area (Å²) in [4.78, 5) is 0. The van der Waals surface area contributed by atoms with E-state index >= 15 is 0 Å². The summed E-state index contributed by atoms with van der Waals surface area (Å²) < 4.78 is 0. The Bertz CT molecular complexity index is 257. The lowest BCUT2D eigenvalue weighted by atomic mass is 9.54. The zero-order chi connectivity index (χ0) is 11.2. The van der Waals surface area contributed by atoms with Crippen molar-refractivity contribution in [2.24, 2.45) is 23.7 Å². The second-order valence-corrected chi connectivity index (χ2v) is 6.82. The molecule has 96 valence electrons. The summed E-state index contributed by atoms with van der Waals surface area (Å²) in [5, 5.41) is 5.92. The summed E-state index contributed by atoms with van der Waals surface area (Å²) in [6, 6.07) is 0.820. The predicted molar refractivity (Wildman–Crippen MR) is 68.4 cm³/mol. The smallest absolute Gasteiger partial charge is 0.0272 e. The number of nitrogens with one attached hydrogen (secondary N) is 2. The van der Waals surface area contributed by atoms with Gasteiger partial charge >= 0.3 is 0 Å². The Kier molecular flexibility index (Phi) is 2.67. The molecule has 0 atom stereocenters. The van der Waals surface area contributed by atoms with E-state index in [1.54, 1.807) is 6.42 Å². The average Bonchev–Trinajstić information content (AvgIpc) is 2.34. The summed E-state index contributed by atoms with van der Waals surface area (Å²) >= 11 is 0. The third-order valence-corrected chi connectivity index (χ3v) is 5.68. The molecule has 0 unspecified atom stereocenters. The first-order valence-corrected chi connectivity index (χ1v) is 7.60. The second kappa shape index (κ2) is 4.22. The molecule has 0 amide bonds. The summed E-state index contributed by atoms with van der Waals surface area (Å²) in [6.07, 6.45) is 7.66. The maximum atomic E-state index is 3.89. The standard InChI is InChI=1S/C14H25N3/c1-3-17(4-2-15-1)16-14-12-6-10-5-11(8-12)9-13(14)7-10/h10-16H,1-9H2. The molecule has 0 radical (unpaired) electrons. The monoisotopic (exact) mass is 235 g/mol. The molecule has 4 saturated carbocycles. The quantitative estimate of drug-likeness (QED) is 0.753. The van der Waals surface area contributed by atoms with Gasteiger partial charge in [0.2, 0.25) is 0 Å². The van der Waals surface area contributed by atoms with Gasteiger partial charge in [-0.1, -0.05) is 0 Å². The molecule has 17 heavy (non-hydrogen) atoms. The number of rotatable bonds is 2. The maximum Gasteiger partial charge on any atom is 0.0272 e. The molecule has 0 spiro atoms. The molecular formula is C14H25N3. The zero-order valence-electron chi connectivity index (χ0n) is 10.7. The molecule has 5 fully saturated rings. The van der Waals surface area contributed by atoms with Crippen LogP contribution in [0.25, 0.3) is 0 Å². The van der Waals surface area contributed by atoms with Gasteiger partial charge in [-0.05, 0) is 55.8 Å². The molecule has 3 nitrogen and oxygen atoms in total. The van der Waals surface area contributed by atoms with Crippen LogP contribution in [0.3, 0.4) is 0 Å². The van der Waals surface area contributed by atoms with E-state index in [4.69, 9.17) is 0 Å². The minimum absolute atomic E-state index is 0.820. The molecule has 3 heteroatoms. The molecule has 0 aromatic carbocycles. The Labute approximate surface area is 104 Å². The van der Waals surface area contributed by atoms with Crippen LogP contribution in [0.4, 0.5) is 0 Å². The van der Waals surface area contributed by atoms with Crippen LogP contribution in [0.2, 0.25) is 0 Å². The molecule has 4 aliphatic carbocycles. The van der Waals surface area contributed by atoms with E-state index in [2.05, 4.69) is 15.8 Å². The molecule has 5 aliphatic rings. The van der Waals surface area contributed by atoms with Crippen LogP contribution in [0.5, 0.6) is 0 Å². The van der Waals surface area contributed by atoms with Gasteiger partial charge in [0, 0.05) is 32.2 Å². The molecule has 0 aromatic rings. The van der Waals surface area contributed by atoms with Crippen LogP contribution in [0, 0.1) is 23.7 Å². The molecule has 0 aromatic heterocycles. The largest absolute Gasteiger partial charge is 0.314 e. The summed E-state index contributed by atoms with van der Waals surface area (Å²) in [6.45, 7) is 4.67. The number of hydrogen-bond donors (Lipinski definition) is 2. The lowest BCUT2D eigenvalue weighted by molar-refractivity contribution is -0.0451. The van der Waals surface area contributed by atoms with Crippen molar-refractivity contribution in [1.82, 2.24) is 15.8 Å². The van der Waals surface area contributed by atoms with Gasteiger partial charge in [0.25, 0.3) is 0 Å². The van der Waals surface area contributed by atoms with Crippen LogP contribution in [0.1, 0.15) is 32.1 Å². The second-order valence-electron chi connectivity index (χ2n) is 6.82. The number of hydrogen-bond acceptors (Lipinski definition) is 3. The van der Waals surface area contributed by atoms with Gasteiger partial charge in [-0.25, -0.2) is 5.01 Å². The molecule has 1 aliphatic heterocycles. The molecule has 2 N–H and O–H groups in total. The lowest BCUT2D eigenvalue weighted by Gasteiger charge is -2.55. The van der Waals surface area contributed by atoms with Gasteiger partial charge in [0.05, 0.1) is 0 Å². The van der Waals surface area contributed by atoms with E-state index in [1.165, 1.54) is 38.8 Å². The van der Waals surface area contributed by atoms with Gasteiger partial charge in [0.15, 0.2) is 0 Å². The van der Waals surface area contributed by atoms with Gasteiger partial charge in [-0.3, -0.25) is 5.43 Å². The highest BCUT2D eigenvalue weighted by Gasteiger charge is 2.48. The van der Waals surface area contributed by atoms with E-state index < -0.39 is 0 Å².